The molecule has 3 aliphatic heterocycles. The van der Waals surface area contributed by atoms with Crippen molar-refractivity contribution in [2.75, 3.05) is 0 Å². The van der Waals surface area contributed by atoms with Gasteiger partial charge in [-0.15, -0.1) is 6.58 Å². The second kappa shape index (κ2) is 5.56. The smallest absolute Gasteiger partial charge is 0.310 e. The van der Waals surface area contributed by atoms with Crippen LogP contribution < -0.4 is 0 Å². The summed E-state index contributed by atoms with van der Waals surface area (Å²) in [6, 6.07) is 9.37. The van der Waals surface area contributed by atoms with E-state index in [1.807, 2.05) is 48.2 Å². The van der Waals surface area contributed by atoms with Crippen LogP contribution in [0, 0.1) is 11.8 Å². The van der Waals surface area contributed by atoms with Crippen molar-refractivity contribution in [1.29, 1.82) is 0 Å². The Labute approximate surface area is 146 Å². The average molecular weight is 339 g/mol. The molecule has 3 aliphatic rings. The Balaban J connectivity index is 1.78. The molecular formula is C20H21NO4. The minimum absolute atomic E-state index is 0.137. The van der Waals surface area contributed by atoms with E-state index in [9.17, 15) is 14.7 Å². The van der Waals surface area contributed by atoms with E-state index in [0.717, 1.165) is 5.56 Å². The lowest BCUT2D eigenvalue weighted by Gasteiger charge is -2.36. The standard InChI is InChI=1S/C20H21NO4/c1-3-7-15-20-11-10-14(25-20)16(19(23)24)17(20)18(22)21(15)12(2)13-8-5-4-6-9-13/h3-6,8-12,14-17H,1,7H2,2H3,(H,23,24)/t12-,14-,15-,16-,17+,20-/m1/s1. The molecule has 2 saturated heterocycles. The number of likely N-dealkylation sites (tertiary alicyclic amines) is 1. The number of ether oxygens (including phenoxy) is 1. The van der Waals surface area contributed by atoms with Crippen LogP contribution >= 0.6 is 0 Å². The monoisotopic (exact) mass is 339 g/mol. The van der Waals surface area contributed by atoms with E-state index < -0.39 is 29.5 Å². The van der Waals surface area contributed by atoms with Gasteiger partial charge in [-0.25, -0.2) is 0 Å². The van der Waals surface area contributed by atoms with Crippen molar-refractivity contribution in [3.05, 3.63) is 60.7 Å². The van der Waals surface area contributed by atoms with E-state index in [1.54, 1.807) is 12.2 Å². The van der Waals surface area contributed by atoms with E-state index in [1.165, 1.54) is 0 Å². The van der Waals surface area contributed by atoms with Gasteiger partial charge in [0.15, 0.2) is 0 Å². The number of hydrogen-bond acceptors (Lipinski definition) is 3. The van der Waals surface area contributed by atoms with Crippen molar-refractivity contribution in [3.8, 4) is 0 Å². The number of carbonyl (C=O) groups is 2. The molecule has 0 saturated carbocycles. The Kier molecular flexibility index (Phi) is 3.58. The first-order valence-corrected chi connectivity index (χ1v) is 8.59. The summed E-state index contributed by atoms with van der Waals surface area (Å²) >= 11 is 0. The molecule has 25 heavy (non-hydrogen) atoms. The van der Waals surface area contributed by atoms with Gasteiger partial charge in [0.1, 0.15) is 11.5 Å². The molecule has 130 valence electrons. The number of rotatable bonds is 5. The Morgan fingerprint density at radius 1 is 1.44 bits per heavy atom. The van der Waals surface area contributed by atoms with Gasteiger partial charge in [0.2, 0.25) is 5.91 Å². The van der Waals surface area contributed by atoms with Crippen LogP contribution in [0.5, 0.6) is 0 Å². The maximum atomic E-state index is 13.3. The van der Waals surface area contributed by atoms with E-state index in [2.05, 4.69) is 6.58 Å². The van der Waals surface area contributed by atoms with Crippen LogP contribution in [0.1, 0.15) is 24.9 Å². The van der Waals surface area contributed by atoms with Crippen LogP contribution in [-0.2, 0) is 14.3 Å². The Morgan fingerprint density at radius 3 is 2.80 bits per heavy atom. The molecule has 1 N–H and O–H groups in total. The van der Waals surface area contributed by atoms with Crippen molar-refractivity contribution in [2.45, 2.75) is 37.1 Å². The molecule has 1 aromatic rings. The second-order valence-electron chi connectivity index (χ2n) is 7.01. The lowest BCUT2D eigenvalue weighted by molar-refractivity contribution is -0.149. The van der Waals surface area contributed by atoms with E-state index in [-0.39, 0.29) is 18.0 Å². The summed E-state index contributed by atoms with van der Waals surface area (Å²) in [6.45, 7) is 5.81. The largest absolute Gasteiger partial charge is 0.481 e. The summed E-state index contributed by atoms with van der Waals surface area (Å²) in [5.41, 5.74) is 0.161. The van der Waals surface area contributed by atoms with Crippen molar-refractivity contribution in [2.24, 2.45) is 11.8 Å². The molecule has 5 nitrogen and oxygen atoms in total. The van der Waals surface area contributed by atoms with Gasteiger partial charge < -0.3 is 14.7 Å². The Hall–Kier alpha value is -2.40. The number of carboxylic acids is 1. The fourth-order valence-corrected chi connectivity index (χ4v) is 4.77. The number of aliphatic carboxylic acids is 1. The molecule has 1 amide bonds. The van der Waals surface area contributed by atoms with Crippen molar-refractivity contribution in [1.82, 2.24) is 4.90 Å². The molecule has 0 aliphatic carbocycles. The summed E-state index contributed by atoms with van der Waals surface area (Å²) < 4.78 is 6.11. The minimum Gasteiger partial charge on any atom is -0.481 e. The van der Waals surface area contributed by atoms with Crippen molar-refractivity contribution in [3.63, 3.8) is 0 Å². The van der Waals surface area contributed by atoms with Gasteiger partial charge in [-0.2, -0.15) is 0 Å². The number of fused-ring (bicyclic) bond motifs is 1. The molecule has 6 atom stereocenters. The topological polar surface area (TPSA) is 66.8 Å². The SMILES string of the molecule is C=CC[C@H]1N([C@H](C)c2ccccc2)C(=O)[C@@H]2[C@H](C(=O)O)[C@H]3C=C[C@]21O3. The third kappa shape index (κ3) is 2.05. The number of carbonyl (C=O) groups excluding carboxylic acids is 1. The lowest BCUT2D eigenvalue weighted by Crippen LogP contribution is -2.45. The van der Waals surface area contributed by atoms with Gasteiger partial charge in [-0.3, -0.25) is 9.59 Å². The van der Waals surface area contributed by atoms with Crippen molar-refractivity contribution < 1.29 is 19.4 Å². The van der Waals surface area contributed by atoms with Gasteiger partial charge in [0.25, 0.3) is 0 Å². The fraction of sp³-hybridized carbons (Fsp3) is 0.400. The first-order chi connectivity index (χ1) is 12.0. The van der Waals surface area contributed by atoms with E-state index in [4.69, 9.17) is 4.74 Å². The summed E-state index contributed by atoms with van der Waals surface area (Å²) in [6.07, 6.45) is 5.52. The number of amides is 1. The summed E-state index contributed by atoms with van der Waals surface area (Å²) in [7, 11) is 0. The molecule has 0 aromatic heterocycles. The van der Waals surface area contributed by atoms with Gasteiger partial charge in [-0.05, 0) is 18.9 Å². The molecule has 0 unspecified atom stereocenters. The molecule has 2 fully saturated rings. The van der Waals surface area contributed by atoms with Gasteiger partial charge in [-0.1, -0.05) is 48.6 Å². The highest BCUT2D eigenvalue weighted by atomic mass is 16.5. The summed E-state index contributed by atoms with van der Waals surface area (Å²) in [5.74, 6) is -2.60. The molecular weight excluding hydrogens is 318 g/mol. The highest BCUT2D eigenvalue weighted by Crippen LogP contribution is 2.57. The highest BCUT2D eigenvalue weighted by molar-refractivity contribution is 5.91. The maximum Gasteiger partial charge on any atom is 0.310 e. The number of benzene rings is 1. The molecule has 1 aromatic carbocycles. The second-order valence-corrected chi connectivity index (χ2v) is 7.01. The number of carboxylic acid groups (broad SMARTS) is 1. The molecule has 2 bridgehead atoms. The number of hydrogen-bond donors (Lipinski definition) is 1. The van der Waals surface area contributed by atoms with Gasteiger partial charge in [0, 0.05) is 0 Å². The van der Waals surface area contributed by atoms with Crippen LogP contribution in [0.4, 0.5) is 0 Å². The third-order valence-electron chi connectivity index (χ3n) is 5.84. The fourth-order valence-electron chi connectivity index (χ4n) is 4.77. The molecule has 0 radical (unpaired) electrons. The van der Waals surface area contributed by atoms with Crippen LogP contribution in [0.2, 0.25) is 0 Å². The third-order valence-corrected chi connectivity index (χ3v) is 5.84. The quantitative estimate of drug-likeness (QED) is 0.837. The molecule has 4 rings (SSSR count). The zero-order valence-electron chi connectivity index (χ0n) is 14.0. The van der Waals surface area contributed by atoms with Crippen molar-refractivity contribution >= 4 is 11.9 Å². The van der Waals surface area contributed by atoms with E-state index >= 15 is 0 Å². The number of nitrogens with zero attached hydrogens (tertiary/aromatic N) is 1. The predicted octanol–water partition coefficient (Wildman–Crippen LogP) is 2.56. The zero-order valence-corrected chi connectivity index (χ0v) is 14.0. The molecule has 1 spiro atoms. The first-order valence-electron chi connectivity index (χ1n) is 8.59. The minimum atomic E-state index is -0.971. The summed E-state index contributed by atoms with van der Waals surface area (Å²) in [5, 5.41) is 9.65. The van der Waals surface area contributed by atoms with Gasteiger partial charge >= 0.3 is 5.97 Å². The summed E-state index contributed by atoms with van der Waals surface area (Å²) in [4.78, 5) is 26.9. The average Bonchev–Trinajstić information content (AvgIpc) is 3.24. The normalized spacial score (nSPS) is 36.5. The predicted molar refractivity (Wildman–Crippen MR) is 91.7 cm³/mol. The Morgan fingerprint density at radius 2 is 2.16 bits per heavy atom. The molecule has 3 heterocycles. The van der Waals surface area contributed by atoms with Gasteiger partial charge in [0.05, 0.1) is 24.1 Å². The van der Waals surface area contributed by atoms with Crippen LogP contribution in [-0.4, -0.2) is 39.6 Å². The molecule has 5 heteroatoms. The first kappa shape index (κ1) is 16.1. The Bertz CT molecular complexity index is 758. The zero-order chi connectivity index (χ0) is 17.8. The van der Waals surface area contributed by atoms with Crippen LogP contribution in [0.15, 0.2) is 55.1 Å². The van der Waals surface area contributed by atoms with E-state index in [0.29, 0.717) is 6.42 Å². The lowest BCUT2D eigenvalue weighted by atomic mass is 9.74. The van der Waals surface area contributed by atoms with Crippen LogP contribution in [0.3, 0.4) is 0 Å². The maximum absolute atomic E-state index is 13.3. The van der Waals surface area contributed by atoms with Crippen LogP contribution in [0.25, 0.3) is 0 Å². The highest BCUT2D eigenvalue weighted by Gasteiger charge is 2.71.